The standard InChI is InChI=1S/C32H28N4O3/c1-4-30-33-18-16-26(35-30)25-11-8-17-34-32(25)39-29-20-24(13-12-21(29)2)31(37)36-27-19-23(14-15-28(27)38-3)22-9-6-5-7-10-22/h5-20H,4H2,1-3H3,(H,36,37). The molecular formula is C32H28N4O3. The Morgan fingerprint density at radius 2 is 1.69 bits per heavy atom. The summed E-state index contributed by atoms with van der Waals surface area (Å²) >= 11 is 0. The normalized spacial score (nSPS) is 10.6. The third kappa shape index (κ3) is 5.78. The molecule has 0 aliphatic carbocycles. The number of carbonyl (C=O) groups excluding carboxylic acids is 1. The first kappa shape index (κ1) is 25.6. The number of hydrogen-bond donors (Lipinski definition) is 1. The first-order valence-corrected chi connectivity index (χ1v) is 12.7. The van der Waals surface area contributed by atoms with Crippen molar-refractivity contribution in [3.05, 3.63) is 114 Å². The highest BCUT2D eigenvalue weighted by molar-refractivity contribution is 6.05. The molecule has 0 atom stereocenters. The molecular weight excluding hydrogens is 488 g/mol. The van der Waals surface area contributed by atoms with Crippen LogP contribution in [0, 0.1) is 6.92 Å². The number of carbonyl (C=O) groups is 1. The van der Waals surface area contributed by atoms with E-state index in [0.717, 1.165) is 40.2 Å². The van der Waals surface area contributed by atoms with Gasteiger partial charge in [0.25, 0.3) is 5.91 Å². The Labute approximate surface area is 227 Å². The van der Waals surface area contributed by atoms with Crippen LogP contribution in [0.15, 0.2) is 97.3 Å². The predicted octanol–water partition coefficient (Wildman–Crippen LogP) is 7.13. The number of anilines is 1. The third-order valence-corrected chi connectivity index (χ3v) is 6.28. The monoisotopic (exact) mass is 516 g/mol. The number of nitrogens with one attached hydrogen (secondary N) is 1. The number of ether oxygens (including phenoxy) is 2. The molecule has 194 valence electrons. The molecule has 2 heterocycles. The molecule has 0 fully saturated rings. The summed E-state index contributed by atoms with van der Waals surface area (Å²) in [6.45, 7) is 3.93. The fourth-order valence-corrected chi connectivity index (χ4v) is 4.15. The van der Waals surface area contributed by atoms with Gasteiger partial charge in [-0.05, 0) is 66.1 Å². The van der Waals surface area contributed by atoms with Crippen LogP contribution in [0.1, 0.15) is 28.7 Å². The van der Waals surface area contributed by atoms with Crippen molar-refractivity contribution in [3.63, 3.8) is 0 Å². The van der Waals surface area contributed by atoms with Gasteiger partial charge in [0, 0.05) is 24.4 Å². The van der Waals surface area contributed by atoms with Crippen molar-refractivity contribution in [1.29, 1.82) is 0 Å². The molecule has 1 N–H and O–H groups in total. The van der Waals surface area contributed by atoms with Gasteiger partial charge in [0.1, 0.15) is 17.3 Å². The van der Waals surface area contributed by atoms with Gasteiger partial charge >= 0.3 is 0 Å². The number of aromatic nitrogens is 3. The van der Waals surface area contributed by atoms with Crippen molar-refractivity contribution in [2.24, 2.45) is 0 Å². The first-order chi connectivity index (χ1) is 19.1. The predicted molar refractivity (Wildman–Crippen MR) is 152 cm³/mol. The molecule has 0 spiro atoms. The minimum Gasteiger partial charge on any atom is -0.495 e. The molecule has 2 aromatic heterocycles. The Balaban J connectivity index is 1.42. The van der Waals surface area contributed by atoms with Crippen LogP contribution in [-0.2, 0) is 6.42 Å². The summed E-state index contributed by atoms with van der Waals surface area (Å²) in [5.41, 5.74) is 5.36. The minimum atomic E-state index is -0.284. The maximum Gasteiger partial charge on any atom is 0.255 e. The quantitative estimate of drug-likeness (QED) is 0.236. The van der Waals surface area contributed by atoms with Crippen LogP contribution in [0.2, 0.25) is 0 Å². The van der Waals surface area contributed by atoms with Gasteiger partial charge in [-0.2, -0.15) is 0 Å². The molecule has 7 heteroatoms. The van der Waals surface area contributed by atoms with Crippen LogP contribution in [0.3, 0.4) is 0 Å². The summed E-state index contributed by atoms with van der Waals surface area (Å²) in [5.74, 6) is 1.95. The van der Waals surface area contributed by atoms with E-state index in [1.165, 1.54) is 0 Å². The summed E-state index contributed by atoms with van der Waals surface area (Å²) in [4.78, 5) is 26.7. The zero-order valence-electron chi connectivity index (χ0n) is 22.0. The minimum absolute atomic E-state index is 0.284. The number of amides is 1. The average molecular weight is 517 g/mol. The van der Waals surface area contributed by atoms with E-state index in [9.17, 15) is 4.79 Å². The van der Waals surface area contributed by atoms with E-state index in [1.807, 2.05) is 86.6 Å². The van der Waals surface area contributed by atoms with Crippen molar-refractivity contribution in [1.82, 2.24) is 15.0 Å². The maximum absolute atomic E-state index is 13.4. The number of methoxy groups -OCH3 is 1. The van der Waals surface area contributed by atoms with E-state index in [-0.39, 0.29) is 5.91 Å². The third-order valence-electron chi connectivity index (χ3n) is 6.28. The van der Waals surface area contributed by atoms with Gasteiger partial charge in [0.2, 0.25) is 5.88 Å². The van der Waals surface area contributed by atoms with Crippen LogP contribution in [-0.4, -0.2) is 28.0 Å². The number of nitrogens with zero attached hydrogens (tertiary/aromatic N) is 3. The number of benzene rings is 3. The number of rotatable bonds is 8. The Kier molecular flexibility index (Phi) is 7.59. The molecule has 1 amide bonds. The van der Waals surface area contributed by atoms with E-state index in [1.54, 1.807) is 31.6 Å². The summed E-state index contributed by atoms with van der Waals surface area (Å²) in [7, 11) is 1.58. The van der Waals surface area contributed by atoms with Crippen molar-refractivity contribution in [3.8, 4) is 39.8 Å². The van der Waals surface area contributed by atoms with Gasteiger partial charge in [-0.15, -0.1) is 0 Å². The molecule has 0 unspecified atom stereocenters. The topological polar surface area (TPSA) is 86.2 Å². The number of aryl methyl sites for hydroxylation is 2. The molecule has 7 nitrogen and oxygen atoms in total. The van der Waals surface area contributed by atoms with Crippen molar-refractivity contribution < 1.29 is 14.3 Å². The van der Waals surface area contributed by atoms with Crippen LogP contribution in [0.5, 0.6) is 17.4 Å². The van der Waals surface area contributed by atoms with E-state index < -0.39 is 0 Å². The molecule has 0 saturated carbocycles. The van der Waals surface area contributed by atoms with Crippen molar-refractivity contribution >= 4 is 11.6 Å². The SMILES string of the molecule is CCc1nccc(-c2cccnc2Oc2cc(C(=O)Nc3cc(-c4ccccc4)ccc3OC)ccc2C)n1. The Bertz CT molecular complexity index is 1620. The lowest BCUT2D eigenvalue weighted by Gasteiger charge is -2.15. The highest BCUT2D eigenvalue weighted by Crippen LogP contribution is 2.34. The maximum atomic E-state index is 13.4. The zero-order chi connectivity index (χ0) is 27.2. The van der Waals surface area contributed by atoms with E-state index in [4.69, 9.17) is 9.47 Å². The first-order valence-electron chi connectivity index (χ1n) is 12.7. The van der Waals surface area contributed by atoms with E-state index in [0.29, 0.717) is 28.6 Å². The second-order valence-corrected chi connectivity index (χ2v) is 8.89. The summed E-state index contributed by atoms with van der Waals surface area (Å²) in [6.07, 6.45) is 4.12. The van der Waals surface area contributed by atoms with Crippen molar-refractivity contribution in [2.45, 2.75) is 20.3 Å². The van der Waals surface area contributed by atoms with Crippen LogP contribution in [0.4, 0.5) is 5.69 Å². The highest BCUT2D eigenvalue weighted by Gasteiger charge is 2.16. The van der Waals surface area contributed by atoms with Gasteiger partial charge in [-0.25, -0.2) is 15.0 Å². The lowest BCUT2D eigenvalue weighted by molar-refractivity contribution is 0.102. The second-order valence-electron chi connectivity index (χ2n) is 8.89. The van der Waals surface area contributed by atoms with E-state index >= 15 is 0 Å². The molecule has 0 radical (unpaired) electrons. The van der Waals surface area contributed by atoms with E-state index in [2.05, 4.69) is 20.3 Å². The molecule has 5 aromatic rings. The number of pyridine rings is 1. The number of hydrogen-bond acceptors (Lipinski definition) is 6. The summed E-state index contributed by atoms with van der Waals surface area (Å²) < 4.78 is 11.8. The average Bonchev–Trinajstić information content (AvgIpc) is 2.99. The molecule has 39 heavy (non-hydrogen) atoms. The molecule has 0 aliphatic heterocycles. The van der Waals surface area contributed by atoms with Gasteiger partial charge in [0.15, 0.2) is 0 Å². The van der Waals surface area contributed by atoms with Gasteiger partial charge in [-0.3, -0.25) is 4.79 Å². The summed E-state index contributed by atoms with van der Waals surface area (Å²) in [5, 5.41) is 3.00. The molecule has 0 aliphatic rings. The van der Waals surface area contributed by atoms with Gasteiger partial charge < -0.3 is 14.8 Å². The second kappa shape index (κ2) is 11.6. The van der Waals surface area contributed by atoms with Crippen LogP contribution >= 0.6 is 0 Å². The smallest absolute Gasteiger partial charge is 0.255 e. The zero-order valence-corrected chi connectivity index (χ0v) is 22.0. The molecule has 0 saturated heterocycles. The fraction of sp³-hybridized carbons (Fsp3) is 0.125. The Hall–Kier alpha value is -5.04. The van der Waals surface area contributed by atoms with Crippen LogP contribution < -0.4 is 14.8 Å². The van der Waals surface area contributed by atoms with Crippen molar-refractivity contribution in [2.75, 3.05) is 12.4 Å². The molecule has 5 rings (SSSR count). The highest BCUT2D eigenvalue weighted by atomic mass is 16.5. The Morgan fingerprint density at radius 1 is 0.846 bits per heavy atom. The summed E-state index contributed by atoms with van der Waals surface area (Å²) in [6, 6.07) is 26.6. The lowest BCUT2D eigenvalue weighted by atomic mass is 10.0. The van der Waals surface area contributed by atoms with Gasteiger partial charge in [0.05, 0.1) is 24.1 Å². The molecule has 0 bridgehead atoms. The van der Waals surface area contributed by atoms with Gasteiger partial charge in [-0.1, -0.05) is 49.4 Å². The largest absolute Gasteiger partial charge is 0.495 e. The fourth-order valence-electron chi connectivity index (χ4n) is 4.15. The molecule has 3 aromatic carbocycles. The Morgan fingerprint density at radius 3 is 2.49 bits per heavy atom. The lowest BCUT2D eigenvalue weighted by Crippen LogP contribution is -2.13. The van der Waals surface area contributed by atoms with Crippen LogP contribution in [0.25, 0.3) is 22.4 Å².